The summed E-state index contributed by atoms with van der Waals surface area (Å²) < 4.78 is 45.0. The van der Waals surface area contributed by atoms with Crippen molar-refractivity contribution in [2.75, 3.05) is 0 Å². The van der Waals surface area contributed by atoms with Crippen molar-refractivity contribution in [1.29, 1.82) is 0 Å². The first-order valence-electron chi connectivity index (χ1n) is 6.98. The van der Waals surface area contributed by atoms with E-state index in [4.69, 9.17) is 4.52 Å². The van der Waals surface area contributed by atoms with Crippen LogP contribution in [0.5, 0.6) is 0 Å². The fourth-order valence-electron chi connectivity index (χ4n) is 2.58. The van der Waals surface area contributed by atoms with Gasteiger partial charge in [-0.3, -0.25) is 0 Å². The highest BCUT2D eigenvalue weighted by molar-refractivity contribution is 5.84. The topological polar surface area (TPSA) is 38.9 Å². The van der Waals surface area contributed by atoms with Crippen molar-refractivity contribution >= 4 is 11.1 Å². The van der Waals surface area contributed by atoms with E-state index in [-0.39, 0.29) is 17.2 Å². The van der Waals surface area contributed by atoms with E-state index in [1.807, 2.05) is 0 Å². The summed E-state index contributed by atoms with van der Waals surface area (Å²) in [5, 5.41) is 4.24. The number of halogens is 3. The van der Waals surface area contributed by atoms with Gasteiger partial charge in [0.2, 0.25) is 0 Å². The summed E-state index contributed by atoms with van der Waals surface area (Å²) in [5.41, 5.74) is 1.42. The number of hydrogen-bond acceptors (Lipinski definition) is 3. The molecule has 2 aromatic heterocycles. The normalized spacial score (nSPS) is 14.9. The zero-order chi connectivity index (χ0) is 15.3. The van der Waals surface area contributed by atoms with E-state index in [9.17, 15) is 13.2 Å². The second-order valence-electron chi connectivity index (χ2n) is 5.43. The number of nitrogens with zero attached hydrogens (tertiary/aromatic N) is 2. The van der Waals surface area contributed by atoms with Gasteiger partial charge in [-0.05, 0) is 43.2 Å². The Labute approximate surface area is 123 Å². The van der Waals surface area contributed by atoms with Crippen LogP contribution in [0.15, 0.2) is 34.9 Å². The van der Waals surface area contributed by atoms with E-state index in [0.29, 0.717) is 22.3 Å². The average molecular weight is 304 g/mol. The van der Waals surface area contributed by atoms with E-state index in [0.717, 1.165) is 12.8 Å². The average Bonchev–Trinajstić information content (AvgIpc) is 3.26. The predicted molar refractivity (Wildman–Crippen MR) is 74.1 cm³/mol. The zero-order valence-corrected chi connectivity index (χ0v) is 11.4. The molecule has 0 spiro atoms. The van der Waals surface area contributed by atoms with Crippen LogP contribution in [0.3, 0.4) is 0 Å². The minimum absolute atomic E-state index is 0.110. The summed E-state index contributed by atoms with van der Waals surface area (Å²) in [6.45, 7) is 0. The van der Waals surface area contributed by atoms with Crippen molar-refractivity contribution in [1.82, 2.24) is 10.1 Å². The van der Waals surface area contributed by atoms with Crippen molar-refractivity contribution in [2.24, 2.45) is 0 Å². The lowest BCUT2D eigenvalue weighted by Gasteiger charge is -2.06. The van der Waals surface area contributed by atoms with Gasteiger partial charge in [0.1, 0.15) is 5.82 Å². The lowest BCUT2D eigenvalue weighted by atomic mass is 10.0. The van der Waals surface area contributed by atoms with Gasteiger partial charge in [-0.15, -0.1) is 0 Å². The number of benzene rings is 1. The van der Waals surface area contributed by atoms with Crippen molar-refractivity contribution in [3.05, 3.63) is 47.4 Å². The number of alkyl halides is 2. The molecule has 3 aromatic rings. The predicted octanol–water partition coefficient (Wildman–Crippen LogP) is 4.84. The van der Waals surface area contributed by atoms with E-state index in [1.54, 1.807) is 0 Å². The summed E-state index contributed by atoms with van der Waals surface area (Å²) in [4.78, 5) is 4.26. The molecule has 0 saturated heterocycles. The SMILES string of the molecule is Fc1ccc(-c2cc(C(F)F)c3c(C4CC4)noc3n2)cc1. The Morgan fingerprint density at radius 2 is 1.86 bits per heavy atom. The van der Waals surface area contributed by atoms with Crippen LogP contribution in [0, 0.1) is 5.82 Å². The van der Waals surface area contributed by atoms with Crippen LogP contribution in [-0.4, -0.2) is 10.1 Å². The Hall–Kier alpha value is -2.37. The monoisotopic (exact) mass is 304 g/mol. The quantitative estimate of drug-likeness (QED) is 0.694. The maximum Gasteiger partial charge on any atom is 0.264 e. The Morgan fingerprint density at radius 1 is 1.14 bits per heavy atom. The van der Waals surface area contributed by atoms with Crippen LogP contribution >= 0.6 is 0 Å². The second-order valence-corrected chi connectivity index (χ2v) is 5.43. The molecule has 0 amide bonds. The van der Waals surface area contributed by atoms with Crippen molar-refractivity contribution in [2.45, 2.75) is 25.2 Å². The van der Waals surface area contributed by atoms with E-state index < -0.39 is 12.2 Å². The van der Waals surface area contributed by atoms with Crippen LogP contribution in [0.25, 0.3) is 22.4 Å². The molecule has 2 heterocycles. The molecule has 0 atom stereocenters. The number of fused-ring (bicyclic) bond motifs is 1. The highest BCUT2D eigenvalue weighted by Crippen LogP contribution is 2.44. The molecule has 0 radical (unpaired) electrons. The first-order chi connectivity index (χ1) is 10.6. The molecule has 1 aliphatic carbocycles. The zero-order valence-electron chi connectivity index (χ0n) is 11.4. The highest BCUT2D eigenvalue weighted by atomic mass is 19.3. The molecule has 1 aliphatic rings. The van der Waals surface area contributed by atoms with Gasteiger partial charge >= 0.3 is 0 Å². The summed E-state index contributed by atoms with van der Waals surface area (Å²) >= 11 is 0. The van der Waals surface area contributed by atoms with E-state index >= 15 is 0 Å². The molecule has 1 fully saturated rings. The Kier molecular flexibility index (Phi) is 2.92. The molecule has 1 aromatic carbocycles. The largest absolute Gasteiger partial charge is 0.335 e. The van der Waals surface area contributed by atoms with Gasteiger partial charge < -0.3 is 4.52 Å². The number of rotatable bonds is 3. The molecule has 0 aliphatic heterocycles. The molecule has 6 heteroatoms. The first kappa shape index (κ1) is 13.3. The molecular weight excluding hydrogens is 293 g/mol. The third kappa shape index (κ3) is 2.15. The van der Waals surface area contributed by atoms with Gasteiger partial charge in [-0.1, -0.05) is 5.16 Å². The third-order valence-corrected chi connectivity index (χ3v) is 3.84. The Balaban J connectivity index is 1.92. The second kappa shape index (κ2) is 4.83. The molecule has 0 bridgehead atoms. The molecule has 3 nitrogen and oxygen atoms in total. The summed E-state index contributed by atoms with van der Waals surface area (Å²) in [6.07, 6.45) is -0.782. The Bertz CT molecular complexity index is 838. The molecule has 112 valence electrons. The van der Waals surface area contributed by atoms with E-state index in [1.165, 1.54) is 30.3 Å². The standard InChI is InChI=1S/C16H11F3N2O/c17-10-5-3-8(4-6-10)12-7-11(15(18)19)13-14(9-1-2-9)21-22-16(13)20-12/h3-7,9,15H,1-2H2. The van der Waals surface area contributed by atoms with Gasteiger partial charge in [-0.2, -0.15) is 0 Å². The lowest BCUT2D eigenvalue weighted by Crippen LogP contribution is -1.93. The first-order valence-corrected chi connectivity index (χ1v) is 6.98. The molecule has 1 saturated carbocycles. The van der Waals surface area contributed by atoms with Crippen LogP contribution in [0.1, 0.15) is 36.4 Å². The minimum atomic E-state index is -2.65. The fraction of sp³-hybridized carbons (Fsp3) is 0.250. The van der Waals surface area contributed by atoms with Gasteiger partial charge in [0.15, 0.2) is 0 Å². The van der Waals surface area contributed by atoms with Crippen LogP contribution in [0.4, 0.5) is 13.2 Å². The van der Waals surface area contributed by atoms with Gasteiger partial charge in [0.25, 0.3) is 12.1 Å². The number of pyridine rings is 1. The summed E-state index contributed by atoms with van der Waals surface area (Å²) in [7, 11) is 0. The lowest BCUT2D eigenvalue weighted by molar-refractivity contribution is 0.153. The molecule has 4 rings (SSSR count). The molecular formula is C16H11F3N2O. The minimum Gasteiger partial charge on any atom is -0.335 e. The van der Waals surface area contributed by atoms with Crippen molar-refractivity contribution in [3.8, 4) is 11.3 Å². The van der Waals surface area contributed by atoms with Gasteiger partial charge in [-0.25, -0.2) is 18.2 Å². The van der Waals surface area contributed by atoms with Crippen LogP contribution < -0.4 is 0 Å². The molecule has 0 N–H and O–H groups in total. The molecule has 0 unspecified atom stereocenters. The van der Waals surface area contributed by atoms with Crippen LogP contribution in [-0.2, 0) is 0 Å². The fourth-order valence-corrected chi connectivity index (χ4v) is 2.58. The summed E-state index contributed by atoms with van der Waals surface area (Å²) in [5.74, 6) is -0.202. The molecule has 22 heavy (non-hydrogen) atoms. The third-order valence-electron chi connectivity index (χ3n) is 3.84. The maximum absolute atomic E-state index is 13.4. The summed E-state index contributed by atoms with van der Waals surface area (Å²) in [6, 6.07) is 6.86. The van der Waals surface area contributed by atoms with Gasteiger partial charge in [0.05, 0.1) is 16.8 Å². The van der Waals surface area contributed by atoms with Gasteiger partial charge in [0, 0.05) is 17.0 Å². The van der Waals surface area contributed by atoms with Crippen LogP contribution in [0.2, 0.25) is 0 Å². The maximum atomic E-state index is 13.4. The van der Waals surface area contributed by atoms with Crippen molar-refractivity contribution < 1.29 is 17.7 Å². The van der Waals surface area contributed by atoms with E-state index in [2.05, 4.69) is 10.1 Å². The smallest absolute Gasteiger partial charge is 0.264 e. The van der Waals surface area contributed by atoms with Crippen molar-refractivity contribution in [3.63, 3.8) is 0 Å². The number of hydrogen-bond donors (Lipinski definition) is 0. The highest BCUT2D eigenvalue weighted by Gasteiger charge is 2.32. The Morgan fingerprint density at radius 3 is 2.50 bits per heavy atom. The number of aromatic nitrogens is 2.